The number of amidine groups is 1. The summed E-state index contributed by atoms with van der Waals surface area (Å²) in [5.41, 5.74) is 9.06. The molecule has 0 unspecified atom stereocenters. The summed E-state index contributed by atoms with van der Waals surface area (Å²) in [6, 6.07) is 12.8. The third-order valence-electron chi connectivity index (χ3n) is 3.65. The molecule has 0 aromatic heterocycles. The predicted molar refractivity (Wildman–Crippen MR) is 81.4 cm³/mol. The van der Waals surface area contributed by atoms with Crippen LogP contribution in [-0.4, -0.2) is 21.5 Å². The van der Waals surface area contributed by atoms with Gasteiger partial charge in [0.2, 0.25) is 0 Å². The molecule has 3 N–H and O–H groups in total. The molecule has 0 saturated heterocycles. The van der Waals surface area contributed by atoms with Gasteiger partial charge < -0.3 is 5.11 Å². The van der Waals surface area contributed by atoms with Crippen molar-refractivity contribution in [2.75, 3.05) is 0 Å². The molecule has 106 valence electrons. The minimum absolute atomic E-state index is 0.157. The van der Waals surface area contributed by atoms with E-state index in [1.165, 1.54) is 6.07 Å². The molecule has 0 spiro atoms. The molecule has 2 aromatic carbocycles. The van der Waals surface area contributed by atoms with Crippen LogP contribution in [-0.2, 0) is 13.0 Å². The summed E-state index contributed by atoms with van der Waals surface area (Å²) in [5, 5.41) is 9.75. The largest absolute Gasteiger partial charge is 0.478 e. The first kappa shape index (κ1) is 13.6. The average molecular weight is 302 g/mol. The van der Waals surface area contributed by atoms with Crippen molar-refractivity contribution in [1.29, 1.82) is 0 Å². The van der Waals surface area contributed by atoms with Gasteiger partial charge in [-0.25, -0.2) is 9.37 Å². The summed E-state index contributed by atoms with van der Waals surface area (Å²) < 4.78 is 1.79. The van der Waals surface area contributed by atoms with Crippen LogP contribution in [0.1, 0.15) is 21.5 Å². The zero-order valence-electron chi connectivity index (χ0n) is 11.2. The van der Waals surface area contributed by atoms with Crippen LogP contribution in [0.3, 0.4) is 0 Å². The van der Waals surface area contributed by atoms with Gasteiger partial charge in [0.15, 0.2) is 5.69 Å². The van der Waals surface area contributed by atoms with Crippen molar-refractivity contribution in [1.82, 2.24) is 0 Å². The van der Waals surface area contributed by atoms with Crippen LogP contribution in [0.4, 0.5) is 5.69 Å². The van der Waals surface area contributed by atoms with E-state index in [-0.39, 0.29) is 5.56 Å². The SMILES string of the molecule is NC1=[N+](c2c(Cl)cccc2C(=O)O)Cc2ccccc2C1. The number of aromatic carboxylic acids is 1. The number of carboxylic acid groups (broad SMARTS) is 1. The molecule has 4 nitrogen and oxygen atoms in total. The van der Waals surface area contributed by atoms with Gasteiger partial charge in [-0.1, -0.05) is 41.9 Å². The highest BCUT2D eigenvalue weighted by molar-refractivity contribution is 6.33. The summed E-state index contributed by atoms with van der Waals surface area (Å²) in [5.74, 6) is -0.413. The number of halogens is 1. The zero-order valence-corrected chi connectivity index (χ0v) is 12.0. The van der Waals surface area contributed by atoms with E-state index in [4.69, 9.17) is 17.3 Å². The lowest BCUT2D eigenvalue weighted by atomic mass is 10.00. The second kappa shape index (κ2) is 5.22. The van der Waals surface area contributed by atoms with Gasteiger partial charge in [0.25, 0.3) is 5.84 Å². The molecule has 21 heavy (non-hydrogen) atoms. The zero-order chi connectivity index (χ0) is 15.0. The lowest BCUT2D eigenvalue weighted by Crippen LogP contribution is -2.32. The first-order valence-electron chi connectivity index (χ1n) is 6.55. The van der Waals surface area contributed by atoms with Gasteiger partial charge in [0.05, 0.1) is 11.4 Å². The van der Waals surface area contributed by atoms with Crippen molar-refractivity contribution in [3.05, 3.63) is 64.2 Å². The molecule has 0 radical (unpaired) electrons. The van der Waals surface area contributed by atoms with Crippen LogP contribution in [0.2, 0.25) is 5.02 Å². The minimum Gasteiger partial charge on any atom is -0.478 e. The van der Waals surface area contributed by atoms with Crippen molar-refractivity contribution in [2.45, 2.75) is 13.0 Å². The number of hydrogen-bond acceptors (Lipinski definition) is 2. The Balaban J connectivity index is 2.16. The second-order valence-electron chi connectivity index (χ2n) is 4.96. The van der Waals surface area contributed by atoms with Gasteiger partial charge in [-0.15, -0.1) is 0 Å². The molecule has 1 aliphatic heterocycles. The fraction of sp³-hybridized carbons (Fsp3) is 0.125. The molecule has 0 atom stereocenters. The van der Waals surface area contributed by atoms with E-state index in [9.17, 15) is 9.90 Å². The van der Waals surface area contributed by atoms with Crippen molar-refractivity contribution < 1.29 is 14.5 Å². The Morgan fingerprint density at radius 2 is 1.86 bits per heavy atom. The molecule has 1 aliphatic rings. The minimum atomic E-state index is -1.01. The molecule has 0 bridgehead atoms. The van der Waals surface area contributed by atoms with Crippen LogP contribution in [0.15, 0.2) is 42.5 Å². The summed E-state index contributed by atoms with van der Waals surface area (Å²) in [6.45, 7) is 0.520. The average Bonchev–Trinajstić information content (AvgIpc) is 2.46. The number of rotatable bonds is 2. The summed E-state index contributed by atoms with van der Waals surface area (Å²) in [4.78, 5) is 11.4. The Bertz CT molecular complexity index is 769. The molecule has 1 heterocycles. The molecule has 0 fully saturated rings. The standard InChI is InChI=1S/C16H13ClN2O2/c17-13-7-3-6-12(16(20)21)15(13)19-9-11-5-2-1-4-10(11)8-14(19)18/h1-7,18H,8-9H2,(H,20,21)/p+1. The van der Waals surface area contributed by atoms with Gasteiger partial charge >= 0.3 is 5.97 Å². The number of hydrogen-bond donors (Lipinski definition) is 2. The number of nitrogens with two attached hydrogens (primary N) is 1. The van der Waals surface area contributed by atoms with E-state index >= 15 is 0 Å². The lowest BCUT2D eigenvalue weighted by molar-refractivity contribution is -0.462. The number of carbonyl (C=O) groups is 1. The maximum Gasteiger partial charge on any atom is 0.340 e. The fourth-order valence-electron chi connectivity index (χ4n) is 2.63. The third kappa shape index (κ3) is 2.38. The smallest absolute Gasteiger partial charge is 0.340 e. The molecular weight excluding hydrogens is 288 g/mol. The van der Waals surface area contributed by atoms with Crippen molar-refractivity contribution in [3.63, 3.8) is 0 Å². The Kier molecular flexibility index (Phi) is 3.39. The highest BCUT2D eigenvalue weighted by Crippen LogP contribution is 2.32. The number of nitrogens with zero attached hydrogens (tertiary/aromatic N) is 1. The van der Waals surface area contributed by atoms with E-state index in [1.807, 2.05) is 24.3 Å². The van der Waals surface area contributed by atoms with Crippen LogP contribution < -0.4 is 5.73 Å². The van der Waals surface area contributed by atoms with Gasteiger partial charge in [-0.2, -0.15) is 0 Å². The molecule has 0 saturated carbocycles. The highest BCUT2D eigenvalue weighted by atomic mass is 35.5. The van der Waals surface area contributed by atoms with E-state index in [0.29, 0.717) is 29.5 Å². The van der Waals surface area contributed by atoms with Crippen LogP contribution >= 0.6 is 11.6 Å². The number of benzene rings is 2. The van der Waals surface area contributed by atoms with E-state index in [1.54, 1.807) is 16.7 Å². The van der Waals surface area contributed by atoms with Gasteiger partial charge in [-0.3, -0.25) is 5.73 Å². The number of para-hydroxylation sites is 1. The van der Waals surface area contributed by atoms with Crippen LogP contribution in [0.25, 0.3) is 0 Å². The van der Waals surface area contributed by atoms with Crippen LogP contribution in [0.5, 0.6) is 0 Å². The first-order valence-corrected chi connectivity index (χ1v) is 6.93. The summed E-state index contributed by atoms with van der Waals surface area (Å²) in [6.07, 6.45) is 0.584. The van der Waals surface area contributed by atoms with Gasteiger partial charge in [-0.05, 0) is 23.3 Å². The topological polar surface area (TPSA) is 66.3 Å². The van der Waals surface area contributed by atoms with Gasteiger partial charge in [0.1, 0.15) is 12.1 Å². The molecule has 3 rings (SSSR count). The quantitative estimate of drug-likeness (QED) is 0.838. The lowest BCUT2D eigenvalue weighted by Gasteiger charge is -2.19. The molecule has 2 aromatic rings. The Labute approximate surface area is 127 Å². The second-order valence-corrected chi connectivity index (χ2v) is 5.37. The monoisotopic (exact) mass is 301 g/mol. The number of carboxylic acids is 1. The number of fused-ring (bicyclic) bond motifs is 1. The maximum atomic E-state index is 11.4. The van der Waals surface area contributed by atoms with Crippen molar-refractivity contribution in [3.8, 4) is 0 Å². The normalized spacial score (nSPS) is 14.0. The van der Waals surface area contributed by atoms with Gasteiger partial charge in [0, 0.05) is 0 Å². The van der Waals surface area contributed by atoms with E-state index in [0.717, 1.165) is 11.1 Å². The third-order valence-corrected chi connectivity index (χ3v) is 3.96. The molecule has 0 aliphatic carbocycles. The van der Waals surface area contributed by atoms with Crippen LogP contribution in [0, 0.1) is 0 Å². The van der Waals surface area contributed by atoms with Crippen molar-refractivity contribution >= 4 is 29.1 Å². The maximum absolute atomic E-state index is 11.4. The summed E-state index contributed by atoms with van der Waals surface area (Å²) in [7, 11) is 0. The highest BCUT2D eigenvalue weighted by Gasteiger charge is 2.27. The summed E-state index contributed by atoms with van der Waals surface area (Å²) >= 11 is 6.23. The molecular formula is C16H14ClN2O2+. The fourth-order valence-corrected chi connectivity index (χ4v) is 2.91. The Morgan fingerprint density at radius 1 is 1.14 bits per heavy atom. The molecule has 0 amide bonds. The van der Waals surface area contributed by atoms with E-state index in [2.05, 4.69) is 0 Å². The Morgan fingerprint density at radius 3 is 2.57 bits per heavy atom. The molecule has 5 heteroatoms. The van der Waals surface area contributed by atoms with E-state index < -0.39 is 5.97 Å². The first-order chi connectivity index (χ1) is 10.1. The predicted octanol–water partition coefficient (Wildman–Crippen LogP) is 2.80. The van der Waals surface area contributed by atoms with Crippen molar-refractivity contribution in [2.24, 2.45) is 5.73 Å². The Hall–Kier alpha value is -2.33.